The van der Waals surface area contributed by atoms with Crippen LogP contribution in [0.2, 0.25) is 0 Å². The summed E-state index contributed by atoms with van der Waals surface area (Å²) >= 11 is 0. The fourth-order valence-corrected chi connectivity index (χ4v) is 4.21. The van der Waals surface area contributed by atoms with Crippen LogP contribution >= 0.6 is 0 Å². The van der Waals surface area contributed by atoms with Gasteiger partial charge in [-0.3, -0.25) is 9.69 Å². The van der Waals surface area contributed by atoms with Crippen LogP contribution in [-0.4, -0.2) is 49.1 Å². The van der Waals surface area contributed by atoms with Gasteiger partial charge in [-0.15, -0.1) is 0 Å². The van der Waals surface area contributed by atoms with Crippen molar-refractivity contribution in [3.8, 4) is 0 Å². The topological polar surface area (TPSA) is 44.4 Å². The fourth-order valence-electron chi connectivity index (χ4n) is 4.21. The minimum atomic E-state index is -0.345. The molecule has 0 aromatic rings. The second-order valence-corrected chi connectivity index (χ2v) is 7.32. The maximum atomic E-state index is 12.8. The van der Waals surface area contributed by atoms with Crippen molar-refractivity contribution in [1.29, 1.82) is 0 Å². The molecule has 2 heterocycles. The quantitative estimate of drug-likeness (QED) is 0.810. The fraction of sp³-hybridized carbons (Fsp3) is 0.938. The van der Waals surface area contributed by atoms with E-state index in [0.717, 1.165) is 45.3 Å². The Labute approximate surface area is 123 Å². The van der Waals surface area contributed by atoms with E-state index in [9.17, 15) is 4.79 Å². The van der Waals surface area contributed by atoms with Gasteiger partial charge in [0.2, 0.25) is 5.91 Å². The third kappa shape index (κ3) is 2.60. The Morgan fingerprint density at radius 2 is 1.90 bits per heavy atom. The molecule has 0 bridgehead atoms. The maximum Gasteiger partial charge on any atom is 0.240 e. The summed E-state index contributed by atoms with van der Waals surface area (Å²) in [6, 6.07) is 0.549. The number of likely N-dealkylation sites (N-methyl/N-ethyl adjacent to an activating group) is 1. The number of likely N-dealkylation sites (tertiary alicyclic amines) is 1. The predicted molar refractivity (Wildman–Crippen MR) is 82.7 cm³/mol. The summed E-state index contributed by atoms with van der Waals surface area (Å²) in [5.74, 6) is 0.211. The monoisotopic (exact) mass is 281 g/mol. The van der Waals surface area contributed by atoms with Crippen molar-refractivity contribution in [2.45, 2.75) is 64.5 Å². The number of piperidine rings is 2. The summed E-state index contributed by atoms with van der Waals surface area (Å²) < 4.78 is 0. The zero-order valence-electron chi connectivity index (χ0n) is 13.6. The summed E-state index contributed by atoms with van der Waals surface area (Å²) in [5.41, 5.74) is -0.388. The standard InChI is InChI=1S/C16H31N3O/c1-15(2,3)16(14(20)17-4)9-5-6-12-19(16)13-7-10-18-11-8-13/h13,18H,5-12H2,1-4H3,(H,17,20)/t16-/m0/s1. The molecule has 4 nitrogen and oxygen atoms in total. The average molecular weight is 281 g/mol. The van der Waals surface area contributed by atoms with Gasteiger partial charge in [0, 0.05) is 13.1 Å². The van der Waals surface area contributed by atoms with Gasteiger partial charge in [-0.1, -0.05) is 20.8 Å². The van der Waals surface area contributed by atoms with E-state index in [1.54, 1.807) is 7.05 Å². The molecule has 0 aliphatic carbocycles. The molecule has 4 heteroatoms. The van der Waals surface area contributed by atoms with Crippen molar-refractivity contribution < 1.29 is 4.79 Å². The number of rotatable bonds is 2. The van der Waals surface area contributed by atoms with E-state index in [1.165, 1.54) is 6.42 Å². The van der Waals surface area contributed by atoms with Gasteiger partial charge in [-0.05, 0) is 57.2 Å². The van der Waals surface area contributed by atoms with E-state index in [4.69, 9.17) is 0 Å². The van der Waals surface area contributed by atoms with Gasteiger partial charge < -0.3 is 10.6 Å². The van der Waals surface area contributed by atoms with Gasteiger partial charge in [0.1, 0.15) is 5.54 Å². The summed E-state index contributed by atoms with van der Waals surface area (Å²) in [4.78, 5) is 15.4. The van der Waals surface area contributed by atoms with E-state index < -0.39 is 0 Å². The van der Waals surface area contributed by atoms with Crippen LogP contribution in [0, 0.1) is 5.41 Å². The van der Waals surface area contributed by atoms with Crippen molar-refractivity contribution in [3.63, 3.8) is 0 Å². The number of carbonyl (C=O) groups is 1. The Kier molecular flexibility index (Phi) is 4.75. The molecule has 1 amide bonds. The number of hydrogen-bond donors (Lipinski definition) is 2. The summed E-state index contributed by atoms with van der Waals surface area (Å²) in [5, 5.41) is 6.39. The highest BCUT2D eigenvalue weighted by Gasteiger charge is 2.54. The van der Waals surface area contributed by atoms with E-state index in [1.807, 2.05) is 0 Å². The molecule has 2 saturated heterocycles. The Hall–Kier alpha value is -0.610. The van der Waals surface area contributed by atoms with Gasteiger partial charge in [-0.2, -0.15) is 0 Å². The highest BCUT2D eigenvalue weighted by Crippen LogP contribution is 2.44. The molecule has 116 valence electrons. The van der Waals surface area contributed by atoms with Crippen LogP contribution in [0.4, 0.5) is 0 Å². The lowest BCUT2D eigenvalue weighted by atomic mass is 9.66. The lowest BCUT2D eigenvalue weighted by molar-refractivity contribution is -0.150. The van der Waals surface area contributed by atoms with E-state index >= 15 is 0 Å². The first-order valence-corrected chi connectivity index (χ1v) is 8.13. The van der Waals surface area contributed by atoms with Gasteiger partial charge in [0.15, 0.2) is 0 Å². The number of hydrogen-bond acceptors (Lipinski definition) is 3. The Morgan fingerprint density at radius 1 is 1.25 bits per heavy atom. The van der Waals surface area contributed by atoms with Crippen LogP contribution in [0.1, 0.15) is 52.9 Å². The average Bonchev–Trinajstić information content (AvgIpc) is 2.46. The third-order valence-electron chi connectivity index (χ3n) is 5.27. The molecular weight excluding hydrogens is 250 g/mol. The largest absolute Gasteiger partial charge is 0.358 e. The first-order valence-electron chi connectivity index (χ1n) is 8.13. The predicted octanol–water partition coefficient (Wildman–Crippen LogP) is 1.76. The Morgan fingerprint density at radius 3 is 2.45 bits per heavy atom. The van der Waals surface area contributed by atoms with Crippen LogP contribution in [0.3, 0.4) is 0 Å². The molecule has 0 aromatic heterocycles. The summed E-state index contributed by atoms with van der Waals surface area (Å²) in [6.45, 7) is 9.89. The molecule has 2 aliphatic heterocycles. The van der Waals surface area contributed by atoms with Gasteiger partial charge in [0.05, 0.1) is 0 Å². The second-order valence-electron chi connectivity index (χ2n) is 7.32. The number of nitrogens with one attached hydrogen (secondary N) is 2. The molecule has 20 heavy (non-hydrogen) atoms. The first-order chi connectivity index (χ1) is 9.43. The lowest BCUT2D eigenvalue weighted by Gasteiger charge is -2.56. The van der Waals surface area contributed by atoms with Crippen molar-refractivity contribution in [3.05, 3.63) is 0 Å². The van der Waals surface area contributed by atoms with Crippen LogP contribution in [-0.2, 0) is 4.79 Å². The normalized spacial score (nSPS) is 30.2. The molecule has 2 N–H and O–H groups in total. The molecule has 0 radical (unpaired) electrons. The summed E-state index contributed by atoms with van der Waals surface area (Å²) in [7, 11) is 1.78. The molecule has 0 spiro atoms. The highest BCUT2D eigenvalue weighted by molar-refractivity contribution is 5.87. The van der Waals surface area contributed by atoms with Crippen LogP contribution in [0.15, 0.2) is 0 Å². The van der Waals surface area contributed by atoms with Gasteiger partial charge in [-0.25, -0.2) is 0 Å². The minimum absolute atomic E-state index is 0.0433. The third-order valence-corrected chi connectivity index (χ3v) is 5.27. The minimum Gasteiger partial charge on any atom is -0.358 e. The van der Waals surface area contributed by atoms with Crippen molar-refractivity contribution in [1.82, 2.24) is 15.5 Å². The number of carbonyl (C=O) groups excluding carboxylic acids is 1. The SMILES string of the molecule is CNC(=O)[C@]1(C(C)(C)C)CCCCN1C1CCNCC1. The molecule has 2 fully saturated rings. The lowest BCUT2D eigenvalue weighted by Crippen LogP contribution is -2.69. The van der Waals surface area contributed by atoms with Crippen LogP contribution in [0.25, 0.3) is 0 Å². The maximum absolute atomic E-state index is 12.8. The van der Waals surface area contributed by atoms with Crippen LogP contribution < -0.4 is 10.6 Å². The number of amides is 1. The van der Waals surface area contributed by atoms with E-state index in [2.05, 4.69) is 36.3 Å². The van der Waals surface area contributed by atoms with Gasteiger partial charge in [0.25, 0.3) is 0 Å². The molecule has 0 unspecified atom stereocenters. The van der Waals surface area contributed by atoms with Crippen molar-refractivity contribution >= 4 is 5.91 Å². The highest BCUT2D eigenvalue weighted by atomic mass is 16.2. The zero-order chi connectivity index (χ0) is 14.8. The second kappa shape index (κ2) is 6.02. The Balaban J connectivity index is 2.36. The smallest absolute Gasteiger partial charge is 0.240 e. The zero-order valence-corrected chi connectivity index (χ0v) is 13.6. The van der Waals surface area contributed by atoms with Crippen molar-refractivity contribution in [2.24, 2.45) is 5.41 Å². The number of nitrogens with zero attached hydrogens (tertiary/aromatic N) is 1. The molecule has 2 rings (SSSR count). The van der Waals surface area contributed by atoms with Crippen LogP contribution in [0.5, 0.6) is 0 Å². The van der Waals surface area contributed by atoms with Crippen molar-refractivity contribution in [2.75, 3.05) is 26.7 Å². The van der Waals surface area contributed by atoms with E-state index in [0.29, 0.717) is 6.04 Å². The molecule has 1 atom stereocenters. The van der Waals surface area contributed by atoms with E-state index in [-0.39, 0.29) is 16.9 Å². The molecule has 0 aromatic carbocycles. The van der Waals surface area contributed by atoms with Gasteiger partial charge >= 0.3 is 0 Å². The molecule has 2 aliphatic rings. The molecular formula is C16H31N3O. The Bertz CT molecular complexity index is 344. The molecule has 0 saturated carbocycles. The summed E-state index contributed by atoms with van der Waals surface area (Å²) in [6.07, 6.45) is 5.69. The first kappa shape index (κ1) is 15.8.